The van der Waals surface area contributed by atoms with Gasteiger partial charge in [0.25, 0.3) is 5.91 Å². The highest BCUT2D eigenvalue weighted by atomic mass is 16.3. The molecule has 1 heterocycles. The Morgan fingerprint density at radius 3 is 2.74 bits per heavy atom. The first kappa shape index (κ1) is 16.6. The van der Waals surface area contributed by atoms with Gasteiger partial charge in [-0.05, 0) is 62.1 Å². The monoisotopic (exact) mass is 314 g/mol. The summed E-state index contributed by atoms with van der Waals surface area (Å²) < 4.78 is 0. The summed E-state index contributed by atoms with van der Waals surface area (Å²) in [6.07, 6.45) is 2.51. The maximum absolute atomic E-state index is 12.0. The van der Waals surface area contributed by atoms with Crippen LogP contribution < -0.4 is 16.8 Å². The molecule has 6 N–H and O–H groups in total. The van der Waals surface area contributed by atoms with Crippen LogP contribution in [0.3, 0.4) is 0 Å². The molecule has 2 aromatic rings. The molecule has 1 aromatic carbocycles. The number of aromatic hydroxyl groups is 1. The number of pyridine rings is 1. The predicted molar refractivity (Wildman–Crippen MR) is 91.2 cm³/mol. The lowest BCUT2D eigenvalue weighted by molar-refractivity contribution is 0.0950. The summed E-state index contributed by atoms with van der Waals surface area (Å²) in [6.45, 7) is 2.51. The van der Waals surface area contributed by atoms with Crippen LogP contribution in [0.25, 0.3) is 0 Å². The van der Waals surface area contributed by atoms with E-state index in [1.165, 1.54) is 12.1 Å². The number of carbonyl (C=O) groups excluding carboxylic acids is 1. The van der Waals surface area contributed by atoms with E-state index in [1.807, 2.05) is 19.1 Å². The first-order valence-electron chi connectivity index (χ1n) is 7.55. The van der Waals surface area contributed by atoms with Gasteiger partial charge in [-0.1, -0.05) is 0 Å². The van der Waals surface area contributed by atoms with E-state index in [0.29, 0.717) is 18.1 Å². The standard InChI is InChI=1S/C17H22N4O2/c1-11-8-13(21-16(19)9-11)4-2-3-7-20-17(23)14-10-12(18)5-6-15(14)22/h5-6,8-10,22H,2-4,7,18H2,1H3,(H2,19,21)(H,20,23). The van der Waals surface area contributed by atoms with Crippen LogP contribution in [-0.2, 0) is 6.42 Å². The number of nitrogens with zero attached hydrogens (tertiary/aromatic N) is 1. The van der Waals surface area contributed by atoms with E-state index < -0.39 is 0 Å². The molecule has 0 fully saturated rings. The lowest BCUT2D eigenvalue weighted by atomic mass is 10.1. The van der Waals surface area contributed by atoms with E-state index in [4.69, 9.17) is 11.5 Å². The molecule has 0 spiro atoms. The molecule has 122 valence electrons. The second kappa shape index (κ2) is 7.49. The van der Waals surface area contributed by atoms with Gasteiger partial charge in [0.05, 0.1) is 5.56 Å². The third-order valence-corrected chi connectivity index (χ3v) is 3.45. The maximum Gasteiger partial charge on any atom is 0.255 e. The molecule has 1 aromatic heterocycles. The molecular weight excluding hydrogens is 292 g/mol. The number of nitrogen functional groups attached to an aromatic ring is 2. The largest absolute Gasteiger partial charge is 0.507 e. The Morgan fingerprint density at radius 2 is 2.00 bits per heavy atom. The Bertz CT molecular complexity index is 681. The molecule has 0 radical (unpaired) electrons. The summed E-state index contributed by atoms with van der Waals surface area (Å²) in [6, 6.07) is 8.27. The third kappa shape index (κ3) is 4.88. The fraction of sp³-hybridized carbons (Fsp3) is 0.294. The molecule has 0 aliphatic carbocycles. The number of aromatic nitrogens is 1. The lowest BCUT2D eigenvalue weighted by Crippen LogP contribution is -2.24. The summed E-state index contributed by atoms with van der Waals surface area (Å²) in [4.78, 5) is 16.3. The minimum atomic E-state index is -0.326. The number of carbonyl (C=O) groups is 1. The average Bonchev–Trinajstić information content (AvgIpc) is 2.48. The number of anilines is 2. The first-order valence-corrected chi connectivity index (χ1v) is 7.55. The highest BCUT2D eigenvalue weighted by molar-refractivity contribution is 5.97. The summed E-state index contributed by atoms with van der Waals surface area (Å²) in [5.41, 5.74) is 14.0. The van der Waals surface area contributed by atoms with Gasteiger partial charge in [0.1, 0.15) is 11.6 Å². The summed E-state index contributed by atoms with van der Waals surface area (Å²) in [7, 11) is 0. The van der Waals surface area contributed by atoms with Crippen molar-refractivity contribution in [2.75, 3.05) is 18.0 Å². The number of rotatable bonds is 6. The minimum Gasteiger partial charge on any atom is -0.507 e. The van der Waals surface area contributed by atoms with Crippen molar-refractivity contribution in [1.82, 2.24) is 10.3 Å². The van der Waals surface area contributed by atoms with Gasteiger partial charge in [-0.3, -0.25) is 4.79 Å². The topological polar surface area (TPSA) is 114 Å². The molecule has 6 heteroatoms. The molecule has 0 atom stereocenters. The summed E-state index contributed by atoms with van der Waals surface area (Å²) in [5, 5.41) is 12.4. The Hall–Kier alpha value is -2.76. The molecule has 0 aliphatic heterocycles. The highest BCUT2D eigenvalue weighted by Crippen LogP contribution is 2.19. The van der Waals surface area contributed by atoms with Gasteiger partial charge in [-0.2, -0.15) is 0 Å². The number of hydrogen-bond donors (Lipinski definition) is 4. The van der Waals surface area contributed by atoms with Gasteiger partial charge in [-0.25, -0.2) is 4.98 Å². The number of phenols is 1. The van der Waals surface area contributed by atoms with Gasteiger partial charge in [0, 0.05) is 17.9 Å². The zero-order valence-electron chi connectivity index (χ0n) is 13.2. The smallest absolute Gasteiger partial charge is 0.255 e. The van der Waals surface area contributed by atoms with Gasteiger partial charge in [0.2, 0.25) is 0 Å². The SMILES string of the molecule is Cc1cc(N)nc(CCCCNC(=O)c2cc(N)ccc2O)c1. The van der Waals surface area contributed by atoms with Crippen molar-refractivity contribution in [3.63, 3.8) is 0 Å². The Morgan fingerprint density at radius 1 is 1.22 bits per heavy atom. The number of hydrogen-bond acceptors (Lipinski definition) is 5. The van der Waals surface area contributed by atoms with E-state index in [0.717, 1.165) is 30.5 Å². The molecule has 6 nitrogen and oxygen atoms in total. The van der Waals surface area contributed by atoms with Gasteiger partial charge in [-0.15, -0.1) is 0 Å². The second-order valence-corrected chi connectivity index (χ2v) is 5.55. The van der Waals surface area contributed by atoms with Gasteiger partial charge >= 0.3 is 0 Å². The van der Waals surface area contributed by atoms with E-state index in [9.17, 15) is 9.90 Å². The first-order chi connectivity index (χ1) is 11.0. The molecule has 0 saturated carbocycles. The summed E-state index contributed by atoms with van der Waals surface area (Å²) >= 11 is 0. The summed E-state index contributed by atoms with van der Waals surface area (Å²) in [5.74, 6) is 0.134. The molecule has 2 rings (SSSR count). The zero-order chi connectivity index (χ0) is 16.8. The molecule has 0 aliphatic rings. The number of aryl methyl sites for hydroxylation is 2. The van der Waals surface area contributed by atoms with Crippen LogP contribution in [0.4, 0.5) is 11.5 Å². The Balaban J connectivity index is 1.77. The fourth-order valence-corrected chi connectivity index (χ4v) is 2.36. The zero-order valence-corrected chi connectivity index (χ0v) is 13.2. The van der Waals surface area contributed by atoms with E-state index in [2.05, 4.69) is 10.3 Å². The molecule has 1 amide bonds. The van der Waals surface area contributed by atoms with Crippen LogP contribution in [0, 0.1) is 6.92 Å². The van der Waals surface area contributed by atoms with Crippen LogP contribution >= 0.6 is 0 Å². The molecular formula is C17H22N4O2. The van der Waals surface area contributed by atoms with E-state index in [1.54, 1.807) is 6.07 Å². The molecule has 0 bridgehead atoms. The minimum absolute atomic E-state index is 0.0730. The highest BCUT2D eigenvalue weighted by Gasteiger charge is 2.10. The Kier molecular flexibility index (Phi) is 5.41. The molecule has 0 saturated heterocycles. The van der Waals surface area contributed by atoms with Crippen LogP contribution in [0.1, 0.15) is 34.5 Å². The van der Waals surface area contributed by atoms with Crippen LogP contribution in [0.5, 0.6) is 5.75 Å². The number of benzene rings is 1. The number of nitrogens with two attached hydrogens (primary N) is 2. The van der Waals surface area contributed by atoms with Crippen molar-refractivity contribution < 1.29 is 9.90 Å². The van der Waals surface area contributed by atoms with Crippen LogP contribution in [0.2, 0.25) is 0 Å². The number of nitrogens with one attached hydrogen (secondary N) is 1. The fourth-order valence-electron chi connectivity index (χ4n) is 2.36. The van der Waals surface area contributed by atoms with Gasteiger partial charge in [0.15, 0.2) is 0 Å². The number of unbranched alkanes of at least 4 members (excludes halogenated alkanes) is 1. The molecule has 0 unspecified atom stereocenters. The quantitative estimate of drug-likeness (QED) is 0.370. The number of amides is 1. The van der Waals surface area contributed by atoms with Crippen molar-refractivity contribution in [1.29, 1.82) is 0 Å². The van der Waals surface area contributed by atoms with Crippen LogP contribution in [0.15, 0.2) is 30.3 Å². The number of phenolic OH excluding ortho intramolecular Hbond substituents is 1. The third-order valence-electron chi connectivity index (χ3n) is 3.45. The normalized spacial score (nSPS) is 10.5. The molecule has 23 heavy (non-hydrogen) atoms. The van der Waals surface area contributed by atoms with Crippen molar-refractivity contribution in [2.45, 2.75) is 26.2 Å². The van der Waals surface area contributed by atoms with Crippen molar-refractivity contribution in [2.24, 2.45) is 0 Å². The van der Waals surface area contributed by atoms with Crippen molar-refractivity contribution in [3.8, 4) is 5.75 Å². The maximum atomic E-state index is 12.0. The van der Waals surface area contributed by atoms with Crippen molar-refractivity contribution >= 4 is 17.4 Å². The predicted octanol–water partition coefficient (Wildman–Crippen LogP) is 2.01. The van der Waals surface area contributed by atoms with E-state index >= 15 is 0 Å². The van der Waals surface area contributed by atoms with E-state index in [-0.39, 0.29) is 17.2 Å². The Labute approximate surface area is 135 Å². The lowest BCUT2D eigenvalue weighted by Gasteiger charge is -2.08. The van der Waals surface area contributed by atoms with Gasteiger partial charge < -0.3 is 21.9 Å². The second-order valence-electron chi connectivity index (χ2n) is 5.55. The van der Waals surface area contributed by atoms with Crippen LogP contribution in [-0.4, -0.2) is 22.5 Å². The van der Waals surface area contributed by atoms with Crippen molar-refractivity contribution in [3.05, 3.63) is 47.2 Å². The average molecular weight is 314 g/mol.